The van der Waals surface area contributed by atoms with Gasteiger partial charge in [-0.05, 0) is 0 Å². The molecule has 1 heterocycles. The van der Waals surface area contributed by atoms with Gasteiger partial charge in [0.25, 0.3) is 0 Å². The van der Waals surface area contributed by atoms with Gasteiger partial charge in [0.1, 0.15) is 0 Å². The van der Waals surface area contributed by atoms with E-state index in [0.29, 0.717) is 15.8 Å². The molecule has 0 amide bonds. The van der Waals surface area contributed by atoms with Crippen molar-refractivity contribution in [2.45, 2.75) is 5.60 Å². The van der Waals surface area contributed by atoms with E-state index in [4.69, 9.17) is 4.74 Å². The van der Waals surface area contributed by atoms with E-state index in [1.165, 1.54) is 0 Å². The SMILES string of the molecule is O=C1OC(c2ccccc2)=C([Se]c2ccccc2)C1(O)c1ccccc1. The van der Waals surface area contributed by atoms with Gasteiger partial charge in [0, 0.05) is 0 Å². The van der Waals surface area contributed by atoms with Gasteiger partial charge >= 0.3 is 158 Å². The monoisotopic (exact) mass is 408 g/mol. The van der Waals surface area contributed by atoms with Crippen LogP contribution in [0.5, 0.6) is 0 Å². The number of ether oxygens (including phenoxy) is 1. The number of benzene rings is 3. The summed E-state index contributed by atoms with van der Waals surface area (Å²) in [6, 6.07) is 28.4. The molecule has 0 aliphatic carbocycles. The number of esters is 1. The van der Waals surface area contributed by atoms with Gasteiger partial charge in [-0.15, -0.1) is 0 Å². The van der Waals surface area contributed by atoms with Crippen LogP contribution in [0.3, 0.4) is 0 Å². The van der Waals surface area contributed by atoms with E-state index in [9.17, 15) is 9.90 Å². The molecule has 1 unspecified atom stereocenters. The quantitative estimate of drug-likeness (QED) is 0.535. The Labute approximate surface area is 158 Å². The van der Waals surface area contributed by atoms with E-state index in [-0.39, 0.29) is 15.0 Å². The predicted molar refractivity (Wildman–Crippen MR) is 102 cm³/mol. The fraction of sp³-hybridized carbons (Fsp3) is 0.0455. The molecule has 3 nitrogen and oxygen atoms in total. The van der Waals surface area contributed by atoms with Crippen molar-refractivity contribution < 1.29 is 14.6 Å². The van der Waals surface area contributed by atoms with Crippen LogP contribution in [0, 0.1) is 0 Å². The average Bonchev–Trinajstić information content (AvgIpc) is 2.96. The molecule has 0 saturated heterocycles. The first-order chi connectivity index (χ1) is 12.7. The number of rotatable bonds is 4. The second kappa shape index (κ2) is 6.93. The van der Waals surface area contributed by atoms with Gasteiger partial charge in [-0.2, -0.15) is 0 Å². The summed E-state index contributed by atoms with van der Waals surface area (Å²) in [6.45, 7) is 0. The van der Waals surface area contributed by atoms with Crippen molar-refractivity contribution in [1.82, 2.24) is 0 Å². The van der Waals surface area contributed by atoms with E-state index < -0.39 is 11.6 Å². The summed E-state index contributed by atoms with van der Waals surface area (Å²) in [7, 11) is 0. The standard InChI is InChI=1S/C22H16O3Se/c23-21-22(24,17-12-6-2-7-13-17)20(26-18-14-8-3-9-15-18)19(25-21)16-10-4-1-5-11-16/h1-15,24H. The molecule has 1 aliphatic heterocycles. The van der Waals surface area contributed by atoms with E-state index in [0.717, 1.165) is 10.0 Å². The van der Waals surface area contributed by atoms with Gasteiger partial charge in [0.15, 0.2) is 0 Å². The molecule has 1 aliphatic rings. The first-order valence-electron chi connectivity index (χ1n) is 8.23. The molecule has 26 heavy (non-hydrogen) atoms. The minimum atomic E-state index is -1.76. The number of carbonyl (C=O) groups is 1. The Balaban J connectivity index is 1.90. The maximum absolute atomic E-state index is 12.8. The minimum absolute atomic E-state index is 0.275. The van der Waals surface area contributed by atoms with E-state index in [1.807, 2.05) is 78.9 Å². The van der Waals surface area contributed by atoms with Crippen LogP contribution in [0.1, 0.15) is 11.1 Å². The Morgan fingerprint density at radius 3 is 1.92 bits per heavy atom. The van der Waals surface area contributed by atoms with Crippen molar-refractivity contribution in [3.8, 4) is 0 Å². The van der Waals surface area contributed by atoms with Crippen LogP contribution < -0.4 is 4.46 Å². The van der Waals surface area contributed by atoms with Crippen LogP contribution in [-0.2, 0) is 15.1 Å². The first-order valence-corrected chi connectivity index (χ1v) is 9.94. The molecule has 3 aromatic carbocycles. The normalized spacial score (nSPS) is 19.5. The molecule has 0 spiro atoms. The van der Waals surface area contributed by atoms with Crippen LogP contribution in [0.2, 0.25) is 0 Å². The molecule has 0 saturated carbocycles. The summed E-state index contributed by atoms with van der Waals surface area (Å²) < 4.78 is 7.30. The second-order valence-electron chi connectivity index (χ2n) is 5.91. The predicted octanol–water partition coefficient (Wildman–Crippen LogP) is 2.83. The molecule has 0 bridgehead atoms. The van der Waals surface area contributed by atoms with Crippen LogP contribution in [0.25, 0.3) is 5.76 Å². The summed E-state index contributed by atoms with van der Waals surface area (Å²) in [5.74, 6) is -0.179. The molecule has 1 atom stereocenters. The molecule has 1 N–H and O–H groups in total. The molecule has 0 aromatic heterocycles. The Kier molecular flexibility index (Phi) is 4.48. The van der Waals surface area contributed by atoms with Crippen molar-refractivity contribution in [2.24, 2.45) is 0 Å². The van der Waals surface area contributed by atoms with Crippen LogP contribution in [-0.4, -0.2) is 26.0 Å². The molecule has 0 radical (unpaired) electrons. The fourth-order valence-electron chi connectivity index (χ4n) is 2.90. The molecular formula is C22H16O3Se. The van der Waals surface area contributed by atoms with Crippen LogP contribution in [0.4, 0.5) is 0 Å². The number of aliphatic hydroxyl groups is 1. The molecule has 0 fully saturated rings. The summed E-state index contributed by atoms with van der Waals surface area (Å²) in [6.07, 6.45) is 0. The van der Waals surface area contributed by atoms with Crippen molar-refractivity contribution in [1.29, 1.82) is 0 Å². The second-order valence-corrected chi connectivity index (χ2v) is 8.18. The molecule has 4 heteroatoms. The maximum atomic E-state index is 12.8. The van der Waals surface area contributed by atoms with Gasteiger partial charge in [-0.3, -0.25) is 0 Å². The van der Waals surface area contributed by atoms with Crippen molar-refractivity contribution in [3.63, 3.8) is 0 Å². The van der Waals surface area contributed by atoms with Crippen LogP contribution >= 0.6 is 0 Å². The fourth-order valence-corrected chi connectivity index (χ4v) is 5.28. The molecule has 128 valence electrons. The third kappa shape index (κ3) is 2.89. The third-order valence-corrected chi connectivity index (χ3v) is 6.72. The summed E-state index contributed by atoms with van der Waals surface area (Å²) in [4.78, 5) is 12.8. The van der Waals surface area contributed by atoms with Gasteiger partial charge in [0.2, 0.25) is 0 Å². The summed E-state index contributed by atoms with van der Waals surface area (Å²) in [5, 5.41) is 11.5. The summed E-state index contributed by atoms with van der Waals surface area (Å²) in [5.41, 5.74) is -0.438. The number of hydrogen-bond acceptors (Lipinski definition) is 3. The molecular weight excluding hydrogens is 391 g/mol. The zero-order chi connectivity index (χ0) is 18.0. The van der Waals surface area contributed by atoms with Gasteiger partial charge in [0.05, 0.1) is 0 Å². The van der Waals surface area contributed by atoms with Crippen molar-refractivity contribution >= 4 is 31.1 Å². The third-order valence-electron chi connectivity index (χ3n) is 4.22. The van der Waals surface area contributed by atoms with Gasteiger partial charge < -0.3 is 0 Å². The average molecular weight is 407 g/mol. The van der Waals surface area contributed by atoms with E-state index in [2.05, 4.69) is 0 Å². The first kappa shape index (κ1) is 16.8. The number of hydrogen-bond donors (Lipinski definition) is 1. The van der Waals surface area contributed by atoms with Gasteiger partial charge in [-0.1, -0.05) is 0 Å². The summed E-state index contributed by atoms with van der Waals surface area (Å²) >= 11 is -0.275. The van der Waals surface area contributed by atoms with E-state index >= 15 is 0 Å². The van der Waals surface area contributed by atoms with E-state index in [1.54, 1.807) is 12.1 Å². The Morgan fingerprint density at radius 2 is 1.31 bits per heavy atom. The molecule has 3 aromatic rings. The number of carbonyl (C=O) groups excluding carboxylic acids is 1. The topological polar surface area (TPSA) is 46.5 Å². The van der Waals surface area contributed by atoms with Crippen LogP contribution in [0.15, 0.2) is 95.5 Å². The van der Waals surface area contributed by atoms with Crippen molar-refractivity contribution in [2.75, 3.05) is 0 Å². The Bertz CT molecular complexity index is 952. The zero-order valence-electron chi connectivity index (χ0n) is 13.8. The Hall–Kier alpha value is -2.65. The molecule has 4 rings (SSSR count). The van der Waals surface area contributed by atoms with Gasteiger partial charge in [-0.25, -0.2) is 0 Å². The number of cyclic esters (lactones) is 1. The zero-order valence-corrected chi connectivity index (χ0v) is 15.5. The Morgan fingerprint density at radius 1 is 0.769 bits per heavy atom. The van der Waals surface area contributed by atoms with Crippen molar-refractivity contribution in [3.05, 3.63) is 107 Å².